The predicted octanol–water partition coefficient (Wildman–Crippen LogP) is 5.23. The van der Waals surface area contributed by atoms with E-state index < -0.39 is 0 Å². The molecule has 0 spiro atoms. The van der Waals surface area contributed by atoms with Crippen LogP contribution in [0.3, 0.4) is 0 Å². The number of hydrogen-bond donors (Lipinski definition) is 1. The SMILES string of the molecule is NC(Cc1ccc(Cl)s1)c1cc(Br)c(Br)s1. The van der Waals surface area contributed by atoms with Crippen molar-refractivity contribution < 1.29 is 0 Å². The maximum atomic E-state index is 6.15. The number of thiophene rings is 2. The molecule has 1 atom stereocenters. The maximum absolute atomic E-state index is 6.15. The lowest BCUT2D eigenvalue weighted by molar-refractivity contribution is 0.745. The minimum atomic E-state index is 0.0299. The summed E-state index contributed by atoms with van der Waals surface area (Å²) in [5.41, 5.74) is 6.15. The van der Waals surface area contributed by atoms with E-state index in [1.54, 1.807) is 22.7 Å². The summed E-state index contributed by atoms with van der Waals surface area (Å²) in [6.45, 7) is 0. The van der Waals surface area contributed by atoms with Gasteiger partial charge in [0.15, 0.2) is 0 Å². The lowest BCUT2D eigenvalue weighted by Gasteiger charge is -2.06. The van der Waals surface area contributed by atoms with Crippen LogP contribution in [-0.2, 0) is 6.42 Å². The Hall–Kier alpha value is 0.610. The largest absolute Gasteiger partial charge is 0.323 e. The van der Waals surface area contributed by atoms with Gasteiger partial charge in [0.05, 0.1) is 8.12 Å². The van der Waals surface area contributed by atoms with Crippen LogP contribution in [0.5, 0.6) is 0 Å². The van der Waals surface area contributed by atoms with Gasteiger partial charge in [-0.1, -0.05) is 11.6 Å². The van der Waals surface area contributed by atoms with Gasteiger partial charge in [0.2, 0.25) is 0 Å². The third-order valence-corrected chi connectivity index (χ3v) is 6.72. The second-order valence-corrected chi connectivity index (χ2v) is 8.34. The summed E-state index contributed by atoms with van der Waals surface area (Å²) in [4.78, 5) is 2.39. The zero-order chi connectivity index (χ0) is 11.7. The van der Waals surface area contributed by atoms with Gasteiger partial charge in [-0.3, -0.25) is 0 Å². The van der Waals surface area contributed by atoms with Crippen LogP contribution in [0, 0.1) is 0 Å². The highest BCUT2D eigenvalue weighted by Crippen LogP contribution is 2.36. The zero-order valence-corrected chi connectivity index (χ0v) is 13.6. The van der Waals surface area contributed by atoms with E-state index in [0.717, 1.165) is 19.0 Å². The Kier molecular flexibility index (Phi) is 4.49. The summed E-state index contributed by atoms with van der Waals surface area (Å²) in [5, 5.41) is 0. The molecule has 0 aromatic carbocycles. The normalized spacial score (nSPS) is 13.0. The monoisotopic (exact) mass is 399 g/mol. The fourth-order valence-corrected chi connectivity index (χ4v) is 4.56. The second kappa shape index (κ2) is 5.50. The van der Waals surface area contributed by atoms with Crippen molar-refractivity contribution in [3.8, 4) is 0 Å². The van der Waals surface area contributed by atoms with Crippen molar-refractivity contribution in [2.75, 3.05) is 0 Å². The molecule has 2 N–H and O–H groups in total. The van der Waals surface area contributed by atoms with E-state index in [4.69, 9.17) is 17.3 Å². The maximum Gasteiger partial charge on any atom is 0.0931 e. The van der Waals surface area contributed by atoms with E-state index >= 15 is 0 Å². The Labute approximate surface area is 124 Å². The molecule has 2 heterocycles. The molecule has 1 nitrogen and oxygen atoms in total. The van der Waals surface area contributed by atoms with Crippen LogP contribution in [0.25, 0.3) is 0 Å². The highest BCUT2D eigenvalue weighted by Gasteiger charge is 2.13. The van der Waals surface area contributed by atoms with Crippen molar-refractivity contribution >= 4 is 66.1 Å². The first-order valence-corrected chi connectivity index (χ1v) is 8.10. The molecule has 2 aromatic heterocycles. The molecule has 16 heavy (non-hydrogen) atoms. The first-order valence-electron chi connectivity index (χ1n) is 4.51. The Balaban J connectivity index is 2.11. The molecule has 0 aliphatic rings. The van der Waals surface area contributed by atoms with Gasteiger partial charge in [-0.25, -0.2) is 0 Å². The molecule has 0 amide bonds. The van der Waals surface area contributed by atoms with E-state index in [1.807, 2.05) is 12.1 Å². The van der Waals surface area contributed by atoms with E-state index in [2.05, 4.69) is 37.9 Å². The highest BCUT2D eigenvalue weighted by atomic mass is 79.9. The van der Waals surface area contributed by atoms with Crippen molar-refractivity contribution in [2.45, 2.75) is 12.5 Å². The van der Waals surface area contributed by atoms with Crippen LogP contribution in [0.15, 0.2) is 26.5 Å². The van der Waals surface area contributed by atoms with Crippen molar-refractivity contribution in [2.24, 2.45) is 5.73 Å². The van der Waals surface area contributed by atoms with E-state index in [9.17, 15) is 0 Å². The predicted molar refractivity (Wildman–Crippen MR) is 79.7 cm³/mol. The van der Waals surface area contributed by atoms with Crippen molar-refractivity contribution in [3.63, 3.8) is 0 Å². The lowest BCUT2D eigenvalue weighted by atomic mass is 10.1. The van der Waals surface area contributed by atoms with Crippen LogP contribution >= 0.6 is 66.1 Å². The Morgan fingerprint density at radius 2 is 2.06 bits per heavy atom. The van der Waals surface area contributed by atoms with Gasteiger partial charge in [-0.15, -0.1) is 22.7 Å². The third kappa shape index (κ3) is 3.09. The number of nitrogens with two attached hydrogens (primary N) is 1. The fourth-order valence-electron chi connectivity index (χ4n) is 1.32. The molecule has 0 fully saturated rings. The average Bonchev–Trinajstić information content (AvgIpc) is 2.75. The number of hydrogen-bond acceptors (Lipinski definition) is 3. The summed E-state index contributed by atoms with van der Waals surface area (Å²) in [6, 6.07) is 6.04. The number of rotatable bonds is 3. The minimum Gasteiger partial charge on any atom is -0.323 e. The highest BCUT2D eigenvalue weighted by molar-refractivity contribution is 9.13. The molecule has 0 radical (unpaired) electrons. The molecule has 86 valence electrons. The summed E-state index contributed by atoms with van der Waals surface area (Å²) in [6.07, 6.45) is 0.830. The first-order chi connectivity index (χ1) is 7.56. The Morgan fingerprint density at radius 1 is 1.31 bits per heavy atom. The topological polar surface area (TPSA) is 26.0 Å². The average molecular weight is 402 g/mol. The van der Waals surface area contributed by atoms with Gasteiger partial charge in [0.25, 0.3) is 0 Å². The quantitative estimate of drug-likeness (QED) is 0.749. The Bertz CT molecular complexity index is 475. The van der Waals surface area contributed by atoms with Crippen molar-refractivity contribution in [1.82, 2.24) is 0 Å². The Morgan fingerprint density at radius 3 is 2.56 bits per heavy atom. The molecular formula is C10H8Br2ClNS2. The van der Waals surface area contributed by atoms with Crippen LogP contribution in [0.1, 0.15) is 15.8 Å². The molecule has 2 aromatic rings. The molecule has 0 saturated heterocycles. The molecule has 6 heteroatoms. The van der Waals surface area contributed by atoms with Gasteiger partial charge in [0.1, 0.15) is 0 Å². The first kappa shape index (κ1) is 13.1. The molecular weight excluding hydrogens is 394 g/mol. The van der Waals surface area contributed by atoms with Crippen LogP contribution in [-0.4, -0.2) is 0 Å². The smallest absolute Gasteiger partial charge is 0.0931 e. The summed E-state index contributed by atoms with van der Waals surface area (Å²) < 4.78 is 2.96. The summed E-state index contributed by atoms with van der Waals surface area (Å²) >= 11 is 16.1. The van der Waals surface area contributed by atoms with Gasteiger partial charge in [0, 0.05) is 26.7 Å². The van der Waals surface area contributed by atoms with Crippen molar-refractivity contribution in [1.29, 1.82) is 0 Å². The summed E-state index contributed by atoms with van der Waals surface area (Å²) in [7, 11) is 0. The molecule has 0 aliphatic heterocycles. The van der Waals surface area contributed by atoms with E-state index in [0.29, 0.717) is 0 Å². The van der Waals surface area contributed by atoms with Gasteiger partial charge < -0.3 is 5.73 Å². The van der Waals surface area contributed by atoms with Gasteiger partial charge in [-0.2, -0.15) is 0 Å². The molecule has 1 unspecified atom stereocenters. The molecule has 0 aliphatic carbocycles. The molecule has 0 bridgehead atoms. The third-order valence-electron chi connectivity index (χ3n) is 2.08. The zero-order valence-electron chi connectivity index (χ0n) is 8.04. The van der Waals surface area contributed by atoms with Crippen LogP contribution in [0.4, 0.5) is 0 Å². The van der Waals surface area contributed by atoms with Gasteiger partial charge >= 0.3 is 0 Å². The summed E-state index contributed by atoms with van der Waals surface area (Å²) in [5.74, 6) is 0. The van der Waals surface area contributed by atoms with E-state index in [1.165, 1.54) is 9.75 Å². The van der Waals surface area contributed by atoms with E-state index in [-0.39, 0.29) is 6.04 Å². The molecule has 2 rings (SSSR count). The van der Waals surface area contributed by atoms with Gasteiger partial charge in [-0.05, 0) is 50.1 Å². The lowest BCUT2D eigenvalue weighted by Crippen LogP contribution is -2.10. The number of halogens is 3. The standard InChI is InChI=1S/C10H8Br2ClNS2/c11-6-4-8(16-10(6)12)7(14)3-5-1-2-9(13)15-5/h1-2,4,7H,3,14H2. The van der Waals surface area contributed by atoms with Crippen LogP contribution in [0.2, 0.25) is 4.34 Å². The van der Waals surface area contributed by atoms with Crippen LogP contribution < -0.4 is 5.73 Å². The van der Waals surface area contributed by atoms with Crippen molar-refractivity contribution in [3.05, 3.63) is 40.5 Å². The second-order valence-electron chi connectivity index (χ2n) is 3.29. The molecule has 0 saturated carbocycles. The fraction of sp³-hybridized carbons (Fsp3) is 0.200. The minimum absolute atomic E-state index is 0.0299.